The van der Waals surface area contributed by atoms with Crippen molar-refractivity contribution >= 4 is 24.2 Å². The van der Waals surface area contributed by atoms with E-state index in [9.17, 15) is 13.8 Å². The number of hydrogen-bond acceptors (Lipinski definition) is 8. The topological polar surface area (TPSA) is 101 Å². The van der Waals surface area contributed by atoms with Crippen LogP contribution in [-0.4, -0.2) is 29.9 Å². The monoisotopic (exact) mass is 645 g/mol. The van der Waals surface area contributed by atoms with Crippen molar-refractivity contribution in [3.05, 3.63) is 124 Å². The van der Waals surface area contributed by atoms with Crippen molar-refractivity contribution in [1.82, 2.24) is 9.55 Å². The Hall–Kier alpha value is -4.50. The molecule has 0 radical (unpaired) electrons. The molecule has 240 valence electrons. The van der Waals surface area contributed by atoms with Crippen molar-refractivity contribution in [2.45, 2.75) is 39.6 Å². The standard InChI is InChI=1S/C35H37FN3O6P/c1-5-24-12-8-10-14-29(24)38-34(46(41,44-6-2)45-7-3)25-16-21-31(32(22-25)42-4)43-23-33-37-30-15-11-9-13-28(30)35(40)39(33)27-19-17-26(36)18-20-27/h8-22,34,38H,5-7,23H2,1-4H3. The van der Waals surface area contributed by atoms with Crippen LogP contribution in [0.1, 0.15) is 43.5 Å². The van der Waals surface area contributed by atoms with E-state index in [1.807, 2.05) is 24.3 Å². The van der Waals surface area contributed by atoms with Gasteiger partial charge in [-0.15, -0.1) is 0 Å². The number of aromatic nitrogens is 2. The molecule has 0 saturated heterocycles. The van der Waals surface area contributed by atoms with Gasteiger partial charge in [-0.05, 0) is 86.0 Å². The molecule has 0 fully saturated rings. The molecule has 0 amide bonds. The number of anilines is 1. The second-order valence-electron chi connectivity index (χ2n) is 10.3. The van der Waals surface area contributed by atoms with E-state index in [2.05, 4.69) is 12.2 Å². The molecule has 1 unspecified atom stereocenters. The van der Waals surface area contributed by atoms with Crippen LogP contribution in [0.2, 0.25) is 0 Å². The van der Waals surface area contributed by atoms with Crippen molar-refractivity contribution in [3.8, 4) is 17.2 Å². The summed E-state index contributed by atoms with van der Waals surface area (Å²) in [4.78, 5) is 18.3. The number of benzene rings is 4. The normalized spacial score (nSPS) is 12.2. The zero-order chi connectivity index (χ0) is 32.7. The minimum absolute atomic E-state index is 0.102. The van der Waals surface area contributed by atoms with Crippen LogP contribution in [0.15, 0.2) is 95.8 Å². The van der Waals surface area contributed by atoms with Crippen LogP contribution < -0.4 is 20.3 Å². The van der Waals surface area contributed by atoms with Crippen molar-refractivity contribution < 1.29 is 27.5 Å². The summed E-state index contributed by atoms with van der Waals surface area (Å²) in [5.41, 5.74) is 3.13. The van der Waals surface area contributed by atoms with Gasteiger partial charge in [0.05, 0.1) is 36.9 Å². The first-order valence-corrected chi connectivity index (χ1v) is 16.7. The fourth-order valence-corrected chi connectivity index (χ4v) is 7.17. The van der Waals surface area contributed by atoms with E-state index in [1.54, 1.807) is 56.3 Å². The molecule has 5 rings (SSSR count). The number of halogens is 1. The molecule has 0 aliphatic carbocycles. The van der Waals surface area contributed by atoms with Gasteiger partial charge in [-0.2, -0.15) is 0 Å². The maximum Gasteiger partial charge on any atom is 0.357 e. The number of nitrogens with zero attached hydrogens (tertiary/aromatic N) is 2. The first kappa shape index (κ1) is 32.9. The Kier molecular flexibility index (Phi) is 10.5. The van der Waals surface area contributed by atoms with Crippen LogP contribution in [0.3, 0.4) is 0 Å². The quantitative estimate of drug-likeness (QED) is 0.121. The first-order valence-electron chi connectivity index (χ1n) is 15.1. The average Bonchev–Trinajstić information content (AvgIpc) is 3.07. The highest BCUT2D eigenvalue weighted by molar-refractivity contribution is 7.54. The lowest BCUT2D eigenvalue weighted by Crippen LogP contribution is -2.25. The minimum atomic E-state index is -3.71. The van der Waals surface area contributed by atoms with Crippen LogP contribution in [0.25, 0.3) is 16.6 Å². The Bertz CT molecular complexity index is 1900. The van der Waals surface area contributed by atoms with E-state index in [4.69, 9.17) is 23.5 Å². The third-order valence-electron chi connectivity index (χ3n) is 7.41. The summed E-state index contributed by atoms with van der Waals surface area (Å²) in [5.74, 6) is -0.223. The fraction of sp³-hybridized carbons (Fsp3) is 0.257. The molecule has 1 heterocycles. The van der Waals surface area contributed by atoms with Gasteiger partial charge in [0.1, 0.15) is 12.4 Å². The molecule has 11 heteroatoms. The lowest BCUT2D eigenvalue weighted by molar-refractivity contribution is 0.214. The van der Waals surface area contributed by atoms with Gasteiger partial charge in [0.2, 0.25) is 0 Å². The van der Waals surface area contributed by atoms with E-state index >= 15 is 0 Å². The Balaban J connectivity index is 1.53. The summed E-state index contributed by atoms with van der Waals surface area (Å²) < 4.78 is 52.8. The zero-order valence-corrected chi connectivity index (χ0v) is 27.1. The molecule has 1 aromatic heterocycles. The molecule has 46 heavy (non-hydrogen) atoms. The van der Waals surface area contributed by atoms with Crippen molar-refractivity contribution in [3.63, 3.8) is 0 Å². The fourth-order valence-electron chi connectivity index (χ4n) is 5.26. The minimum Gasteiger partial charge on any atom is -0.493 e. The number of ether oxygens (including phenoxy) is 2. The molecule has 0 bridgehead atoms. The van der Waals surface area contributed by atoms with E-state index in [0.29, 0.717) is 39.5 Å². The largest absolute Gasteiger partial charge is 0.493 e. The summed E-state index contributed by atoms with van der Waals surface area (Å²) in [5, 5.41) is 3.85. The molecule has 0 aliphatic rings. The summed E-state index contributed by atoms with van der Waals surface area (Å²) >= 11 is 0. The van der Waals surface area contributed by atoms with E-state index < -0.39 is 19.2 Å². The van der Waals surface area contributed by atoms with Crippen molar-refractivity contribution in [2.24, 2.45) is 0 Å². The van der Waals surface area contributed by atoms with Crippen LogP contribution in [0.5, 0.6) is 11.5 Å². The average molecular weight is 646 g/mol. The molecule has 9 nitrogen and oxygen atoms in total. The van der Waals surface area contributed by atoms with Crippen molar-refractivity contribution in [2.75, 3.05) is 25.6 Å². The molecular weight excluding hydrogens is 608 g/mol. The second kappa shape index (κ2) is 14.7. The maximum atomic E-state index is 14.2. The van der Waals surface area contributed by atoms with Gasteiger partial charge < -0.3 is 23.8 Å². The first-order chi connectivity index (χ1) is 22.3. The molecule has 1 atom stereocenters. The van der Waals surface area contributed by atoms with Gasteiger partial charge in [0, 0.05) is 5.69 Å². The maximum absolute atomic E-state index is 14.2. The smallest absolute Gasteiger partial charge is 0.357 e. The number of nitrogens with one attached hydrogen (secondary N) is 1. The molecule has 4 aromatic carbocycles. The molecule has 0 spiro atoms. The SMILES string of the molecule is CCOP(=O)(OCC)C(Nc1ccccc1CC)c1ccc(OCc2nc3ccccc3c(=O)n2-c2ccc(F)cc2)c(OC)c1. The number of methoxy groups -OCH3 is 1. The van der Waals surface area contributed by atoms with Crippen LogP contribution in [0, 0.1) is 5.82 Å². The van der Waals surface area contributed by atoms with Crippen LogP contribution in [-0.2, 0) is 26.6 Å². The van der Waals surface area contributed by atoms with Crippen molar-refractivity contribution in [1.29, 1.82) is 0 Å². The lowest BCUT2D eigenvalue weighted by atomic mass is 10.1. The lowest BCUT2D eigenvalue weighted by Gasteiger charge is -2.29. The molecule has 0 aliphatic heterocycles. The Morgan fingerprint density at radius 3 is 2.28 bits per heavy atom. The van der Waals surface area contributed by atoms with E-state index in [0.717, 1.165) is 17.7 Å². The predicted molar refractivity (Wildman–Crippen MR) is 178 cm³/mol. The highest BCUT2D eigenvalue weighted by atomic mass is 31.2. The summed E-state index contributed by atoms with van der Waals surface area (Å²) in [6.07, 6.45) is 0.769. The Morgan fingerprint density at radius 2 is 1.59 bits per heavy atom. The molecule has 0 saturated carbocycles. The molecule has 5 aromatic rings. The van der Waals surface area contributed by atoms with Gasteiger partial charge in [-0.25, -0.2) is 9.37 Å². The van der Waals surface area contributed by atoms with Crippen LogP contribution >= 0.6 is 7.60 Å². The predicted octanol–water partition coefficient (Wildman–Crippen LogP) is 8.05. The number of rotatable bonds is 14. The summed E-state index contributed by atoms with van der Waals surface area (Å²) in [6, 6.07) is 25.6. The number of para-hydroxylation sites is 2. The molecule has 1 N–H and O–H groups in total. The third-order valence-corrected chi connectivity index (χ3v) is 9.71. The van der Waals surface area contributed by atoms with Gasteiger partial charge in [-0.1, -0.05) is 43.3 Å². The Morgan fingerprint density at radius 1 is 0.891 bits per heavy atom. The highest BCUT2D eigenvalue weighted by Gasteiger charge is 2.38. The number of fused-ring (bicyclic) bond motifs is 1. The zero-order valence-electron chi connectivity index (χ0n) is 26.2. The third kappa shape index (κ3) is 6.99. The number of aryl methyl sites for hydroxylation is 1. The number of hydrogen-bond donors (Lipinski definition) is 1. The van der Waals surface area contributed by atoms with Gasteiger partial charge in [0.15, 0.2) is 23.1 Å². The van der Waals surface area contributed by atoms with Gasteiger partial charge in [-0.3, -0.25) is 13.9 Å². The summed E-state index contributed by atoms with van der Waals surface area (Å²) in [6.45, 7) is 5.87. The van der Waals surface area contributed by atoms with Gasteiger partial charge in [0.25, 0.3) is 5.56 Å². The molecular formula is C35H37FN3O6P. The second-order valence-corrected chi connectivity index (χ2v) is 12.4. The van der Waals surface area contributed by atoms with E-state index in [-0.39, 0.29) is 25.4 Å². The highest BCUT2D eigenvalue weighted by Crippen LogP contribution is 2.61. The van der Waals surface area contributed by atoms with Crippen LogP contribution in [0.4, 0.5) is 10.1 Å². The summed E-state index contributed by atoms with van der Waals surface area (Å²) in [7, 11) is -2.20. The Labute approximate surface area is 267 Å². The van der Waals surface area contributed by atoms with Gasteiger partial charge >= 0.3 is 7.60 Å². The van der Waals surface area contributed by atoms with E-state index in [1.165, 1.54) is 35.9 Å².